The van der Waals surface area contributed by atoms with E-state index in [0.717, 1.165) is 18.5 Å². The molecule has 6 heteroatoms. The molecule has 0 spiro atoms. The van der Waals surface area contributed by atoms with Crippen LogP contribution in [0.25, 0.3) is 0 Å². The minimum atomic E-state index is -0.258. The Morgan fingerprint density at radius 1 is 1.50 bits per heavy atom. The molecule has 4 N–H and O–H groups in total. The van der Waals surface area contributed by atoms with Gasteiger partial charge in [0.15, 0.2) is 5.69 Å². The molecule has 2 aliphatic rings. The average Bonchev–Trinajstić information content (AvgIpc) is 2.99. The molecule has 1 amide bonds. The monoisotopic (exact) mass is 250 g/mol. The standard InChI is InChI=1S/C12H18N4O2/c1-6-10(13)11(15-14-6)12(18)16-4-7-2-3-9(17)8(7)5-16/h7-9,17H,2-5,13H2,1H3,(H,14,15). The molecule has 1 saturated carbocycles. The Kier molecular flexibility index (Phi) is 2.55. The van der Waals surface area contributed by atoms with E-state index in [4.69, 9.17) is 5.73 Å². The number of carbonyl (C=O) groups is 1. The highest BCUT2D eigenvalue weighted by molar-refractivity contribution is 5.97. The number of nitrogens with two attached hydrogens (primary N) is 1. The topological polar surface area (TPSA) is 95.2 Å². The van der Waals surface area contributed by atoms with Gasteiger partial charge in [-0.15, -0.1) is 0 Å². The van der Waals surface area contributed by atoms with Gasteiger partial charge in [-0.2, -0.15) is 5.10 Å². The van der Waals surface area contributed by atoms with Gasteiger partial charge in [0, 0.05) is 19.0 Å². The maximum atomic E-state index is 12.3. The number of aliphatic hydroxyl groups is 1. The number of fused-ring (bicyclic) bond motifs is 1. The fourth-order valence-electron chi connectivity index (χ4n) is 3.15. The van der Waals surface area contributed by atoms with Gasteiger partial charge in [-0.1, -0.05) is 0 Å². The zero-order chi connectivity index (χ0) is 12.9. The predicted octanol–water partition coefficient (Wildman–Crippen LogP) is 0.143. The molecule has 2 heterocycles. The molecular formula is C12H18N4O2. The number of nitrogen functional groups attached to an aromatic ring is 1. The Bertz CT molecular complexity index is 484. The van der Waals surface area contributed by atoms with E-state index in [9.17, 15) is 9.90 Å². The fourth-order valence-corrected chi connectivity index (χ4v) is 3.15. The highest BCUT2D eigenvalue weighted by Gasteiger charge is 2.43. The lowest BCUT2D eigenvalue weighted by Crippen LogP contribution is -2.31. The maximum Gasteiger partial charge on any atom is 0.276 e. The first-order valence-electron chi connectivity index (χ1n) is 6.35. The van der Waals surface area contributed by atoms with Gasteiger partial charge in [0.05, 0.1) is 17.5 Å². The van der Waals surface area contributed by atoms with Crippen molar-refractivity contribution in [1.29, 1.82) is 0 Å². The minimum Gasteiger partial charge on any atom is -0.395 e. The van der Waals surface area contributed by atoms with E-state index in [2.05, 4.69) is 10.2 Å². The number of rotatable bonds is 1. The van der Waals surface area contributed by atoms with Gasteiger partial charge in [0.1, 0.15) is 0 Å². The van der Waals surface area contributed by atoms with Crippen LogP contribution in [-0.2, 0) is 0 Å². The molecule has 0 aromatic carbocycles. The first-order chi connectivity index (χ1) is 8.58. The van der Waals surface area contributed by atoms with Crippen LogP contribution in [0.15, 0.2) is 0 Å². The Balaban J connectivity index is 1.77. The molecule has 18 heavy (non-hydrogen) atoms. The lowest BCUT2D eigenvalue weighted by Gasteiger charge is -2.17. The quantitative estimate of drug-likeness (QED) is 0.661. The van der Waals surface area contributed by atoms with Crippen molar-refractivity contribution in [2.45, 2.75) is 25.9 Å². The third-order valence-corrected chi connectivity index (χ3v) is 4.30. The van der Waals surface area contributed by atoms with Crippen molar-refractivity contribution in [3.63, 3.8) is 0 Å². The second-order valence-corrected chi connectivity index (χ2v) is 5.39. The van der Waals surface area contributed by atoms with Gasteiger partial charge in [0.2, 0.25) is 0 Å². The Morgan fingerprint density at radius 3 is 2.89 bits per heavy atom. The molecule has 1 saturated heterocycles. The van der Waals surface area contributed by atoms with Crippen molar-refractivity contribution in [2.75, 3.05) is 18.8 Å². The maximum absolute atomic E-state index is 12.3. The van der Waals surface area contributed by atoms with Crippen LogP contribution in [0.4, 0.5) is 5.69 Å². The number of nitrogens with one attached hydrogen (secondary N) is 1. The smallest absolute Gasteiger partial charge is 0.276 e. The molecule has 1 aromatic heterocycles. The largest absolute Gasteiger partial charge is 0.395 e. The van der Waals surface area contributed by atoms with Gasteiger partial charge < -0.3 is 15.7 Å². The lowest BCUT2D eigenvalue weighted by molar-refractivity contribution is 0.0747. The number of aromatic amines is 1. The summed E-state index contributed by atoms with van der Waals surface area (Å²) in [6.45, 7) is 3.13. The normalized spacial score (nSPS) is 30.8. The molecule has 0 bridgehead atoms. The molecule has 0 radical (unpaired) electrons. The summed E-state index contributed by atoms with van der Waals surface area (Å²) < 4.78 is 0. The number of anilines is 1. The molecular weight excluding hydrogens is 232 g/mol. The highest BCUT2D eigenvalue weighted by Crippen LogP contribution is 2.38. The SMILES string of the molecule is Cc1[nH]nc(C(=O)N2CC3CCC(O)C3C2)c1N. The van der Waals surface area contributed by atoms with E-state index in [1.807, 2.05) is 0 Å². The second kappa shape index (κ2) is 3.98. The number of likely N-dealkylation sites (tertiary alicyclic amines) is 1. The van der Waals surface area contributed by atoms with Crippen LogP contribution in [0.2, 0.25) is 0 Å². The predicted molar refractivity (Wildman–Crippen MR) is 65.9 cm³/mol. The van der Waals surface area contributed by atoms with Gasteiger partial charge in [-0.25, -0.2) is 0 Å². The zero-order valence-corrected chi connectivity index (χ0v) is 10.4. The third kappa shape index (κ3) is 1.59. The molecule has 6 nitrogen and oxygen atoms in total. The molecule has 3 atom stereocenters. The molecule has 3 rings (SSSR count). The number of amides is 1. The zero-order valence-electron chi connectivity index (χ0n) is 10.4. The summed E-state index contributed by atoms with van der Waals surface area (Å²) >= 11 is 0. The highest BCUT2D eigenvalue weighted by atomic mass is 16.3. The number of H-pyrrole nitrogens is 1. The van der Waals surface area contributed by atoms with Crippen LogP contribution < -0.4 is 5.73 Å². The molecule has 2 fully saturated rings. The first-order valence-corrected chi connectivity index (χ1v) is 6.35. The van der Waals surface area contributed by atoms with Gasteiger partial charge in [-0.3, -0.25) is 9.89 Å². The number of carbonyl (C=O) groups excluding carboxylic acids is 1. The number of aryl methyl sites for hydroxylation is 1. The van der Waals surface area contributed by atoms with Crippen molar-refractivity contribution in [2.24, 2.45) is 11.8 Å². The number of aliphatic hydroxyl groups excluding tert-OH is 1. The van der Waals surface area contributed by atoms with E-state index in [0.29, 0.717) is 30.4 Å². The summed E-state index contributed by atoms with van der Waals surface area (Å²) in [5.74, 6) is 0.541. The van der Waals surface area contributed by atoms with Gasteiger partial charge in [-0.05, 0) is 25.7 Å². The summed E-state index contributed by atoms with van der Waals surface area (Å²) in [7, 11) is 0. The van der Waals surface area contributed by atoms with Crippen LogP contribution in [0, 0.1) is 18.8 Å². The van der Waals surface area contributed by atoms with E-state index in [1.54, 1.807) is 11.8 Å². The fraction of sp³-hybridized carbons (Fsp3) is 0.667. The molecule has 1 aliphatic heterocycles. The van der Waals surface area contributed by atoms with Crippen molar-refractivity contribution >= 4 is 11.6 Å². The Morgan fingerprint density at radius 2 is 2.28 bits per heavy atom. The van der Waals surface area contributed by atoms with E-state index < -0.39 is 0 Å². The van der Waals surface area contributed by atoms with E-state index in [1.165, 1.54) is 0 Å². The number of nitrogens with zero attached hydrogens (tertiary/aromatic N) is 2. The first kappa shape index (κ1) is 11.5. The Labute approximate surface area is 105 Å². The summed E-state index contributed by atoms with van der Waals surface area (Å²) in [5.41, 5.74) is 7.28. The van der Waals surface area contributed by atoms with Crippen molar-refractivity contribution in [3.05, 3.63) is 11.4 Å². The van der Waals surface area contributed by atoms with Crippen molar-refractivity contribution < 1.29 is 9.90 Å². The summed E-state index contributed by atoms with van der Waals surface area (Å²) in [6, 6.07) is 0. The van der Waals surface area contributed by atoms with Crippen LogP contribution >= 0.6 is 0 Å². The van der Waals surface area contributed by atoms with Crippen LogP contribution in [0.1, 0.15) is 29.0 Å². The number of aromatic nitrogens is 2. The molecule has 1 aliphatic carbocycles. The number of hydrogen-bond donors (Lipinski definition) is 3. The summed E-state index contributed by atoms with van der Waals surface area (Å²) in [6.07, 6.45) is 1.61. The van der Waals surface area contributed by atoms with Crippen LogP contribution in [0.3, 0.4) is 0 Å². The average molecular weight is 250 g/mol. The molecule has 98 valence electrons. The second-order valence-electron chi connectivity index (χ2n) is 5.39. The van der Waals surface area contributed by atoms with Gasteiger partial charge in [0.25, 0.3) is 5.91 Å². The van der Waals surface area contributed by atoms with Crippen molar-refractivity contribution in [3.8, 4) is 0 Å². The van der Waals surface area contributed by atoms with Crippen molar-refractivity contribution in [1.82, 2.24) is 15.1 Å². The van der Waals surface area contributed by atoms with E-state index >= 15 is 0 Å². The summed E-state index contributed by atoms with van der Waals surface area (Å²) in [5, 5.41) is 16.5. The van der Waals surface area contributed by atoms with Crippen LogP contribution in [0.5, 0.6) is 0 Å². The molecule has 1 aromatic rings. The minimum absolute atomic E-state index is 0.126. The van der Waals surface area contributed by atoms with Crippen LogP contribution in [-0.4, -0.2) is 45.3 Å². The number of hydrogen-bond acceptors (Lipinski definition) is 4. The third-order valence-electron chi connectivity index (χ3n) is 4.30. The summed E-state index contributed by atoms with van der Waals surface area (Å²) in [4.78, 5) is 14.1. The van der Waals surface area contributed by atoms with E-state index in [-0.39, 0.29) is 17.9 Å². The Hall–Kier alpha value is -1.56. The molecule has 3 unspecified atom stereocenters. The van der Waals surface area contributed by atoms with Gasteiger partial charge >= 0.3 is 0 Å². The lowest BCUT2D eigenvalue weighted by atomic mass is 10.00.